The van der Waals surface area contributed by atoms with Gasteiger partial charge in [-0.15, -0.1) is 0 Å². The fourth-order valence-electron chi connectivity index (χ4n) is 2.98. The third-order valence-electron chi connectivity index (χ3n) is 4.72. The van der Waals surface area contributed by atoms with Crippen molar-refractivity contribution in [3.05, 3.63) is 53.6 Å². The van der Waals surface area contributed by atoms with Crippen molar-refractivity contribution >= 4 is 5.91 Å². The first kappa shape index (κ1) is 24.0. The van der Waals surface area contributed by atoms with Gasteiger partial charge in [0.1, 0.15) is 18.4 Å². The molecule has 2 aromatic carbocycles. The Morgan fingerprint density at radius 3 is 2.42 bits per heavy atom. The van der Waals surface area contributed by atoms with E-state index in [9.17, 15) is 10.1 Å². The molecule has 0 aliphatic rings. The number of nitrogens with zero attached hydrogens (tertiary/aromatic N) is 1. The highest BCUT2D eigenvalue weighted by molar-refractivity contribution is 5.82. The van der Waals surface area contributed by atoms with E-state index in [-0.39, 0.29) is 17.9 Å². The topological polar surface area (TPSA) is 89.8 Å². The lowest BCUT2D eigenvalue weighted by molar-refractivity contribution is -0.130. The van der Waals surface area contributed by atoms with E-state index in [4.69, 9.17) is 18.9 Å². The highest BCUT2D eigenvalue weighted by Gasteiger charge is 2.27. The Balaban J connectivity index is 2.12. The number of carbonyl (C=O) groups is 1. The number of amides is 1. The van der Waals surface area contributed by atoms with Gasteiger partial charge in [-0.3, -0.25) is 4.79 Å². The van der Waals surface area contributed by atoms with Gasteiger partial charge in [-0.05, 0) is 42.7 Å². The fourth-order valence-corrected chi connectivity index (χ4v) is 2.98. The maximum atomic E-state index is 13.0. The molecule has 7 heteroatoms. The molecule has 2 atom stereocenters. The summed E-state index contributed by atoms with van der Waals surface area (Å²) in [5.74, 6) is 1.23. The molecule has 2 aromatic rings. The lowest BCUT2D eigenvalue weighted by atomic mass is 10.0. The van der Waals surface area contributed by atoms with Gasteiger partial charge in [0, 0.05) is 7.11 Å². The van der Waals surface area contributed by atoms with Gasteiger partial charge in [-0.25, -0.2) is 0 Å². The molecule has 0 bridgehead atoms. The van der Waals surface area contributed by atoms with E-state index in [1.54, 1.807) is 38.5 Å². The maximum Gasteiger partial charge on any atom is 0.261 e. The van der Waals surface area contributed by atoms with Crippen molar-refractivity contribution in [3.63, 3.8) is 0 Å². The van der Waals surface area contributed by atoms with Crippen molar-refractivity contribution < 1.29 is 23.7 Å². The van der Waals surface area contributed by atoms with Crippen LogP contribution in [0.2, 0.25) is 0 Å². The second-order valence-electron chi connectivity index (χ2n) is 7.37. The molecule has 0 spiro atoms. The summed E-state index contributed by atoms with van der Waals surface area (Å²) in [4.78, 5) is 13.0. The molecule has 2 rings (SSSR count). The number of hydrogen-bond donors (Lipinski definition) is 1. The SMILES string of the molecule is COCCOc1ccc(C(C)NC(=O)C(Oc2ccccc2C#N)C(C)C)cc1OC. The van der Waals surface area contributed by atoms with Crippen molar-refractivity contribution in [3.8, 4) is 23.3 Å². The van der Waals surface area contributed by atoms with Gasteiger partial charge in [0.05, 0.1) is 25.3 Å². The molecule has 7 nitrogen and oxygen atoms in total. The number of para-hydroxylation sites is 1. The van der Waals surface area contributed by atoms with E-state index in [0.29, 0.717) is 36.0 Å². The minimum atomic E-state index is -0.740. The van der Waals surface area contributed by atoms with Crippen LogP contribution in [-0.4, -0.2) is 39.4 Å². The first-order valence-corrected chi connectivity index (χ1v) is 10.2. The minimum Gasteiger partial charge on any atom is -0.493 e. The fraction of sp³-hybridized carbons (Fsp3) is 0.417. The molecule has 0 aromatic heterocycles. The standard InChI is InChI=1S/C24H30N2O5/c1-16(2)23(31-20-9-7-6-8-19(20)15-25)24(27)26-17(3)18-10-11-21(22(14-18)29-5)30-13-12-28-4/h6-11,14,16-17,23H,12-13H2,1-5H3,(H,26,27). The summed E-state index contributed by atoms with van der Waals surface area (Å²) >= 11 is 0. The van der Waals surface area contributed by atoms with Crippen LogP contribution in [0.4, 0.5) is 0 Å². The Bertz CT molecular complexity index is 907. The summed E-state index contributed by atoms with van der Waals surface area (Å²) in [6, 6.07) is 14.2. The van der Waals surface area contributed by atoms with E-state index < -0.39 is 6.10 Å². The van der Waals surface area contributed by atoms with Crippen molar-refractivity contribution in [2.75, 3.05) is 27.4 Å². The van der Waals surface area contributed by atoms with Crippen LogP contribution in [0.15, 0.2) is 42.5 Å². The highest BCUT2D eigenvalue weighted by Crippen LogP contribution is 2.30. The predicted molar refractivity (Wildman–Crippen MR) is 117 cm³/mol. The number of methoxy groups -OCH3 is 2. The molecule has 0 fully saturated rings. The summed E-state index contributed by atoms with van der Waals surface area (Å²) in [6.45, 7) is 6.58. The van der Waals surface area contributed by atoms with Gasteiger partial charge in [-0.2, -0.15) is 5.26 Å². The quantitative estimate of drug-likeness (QED) is 0.549. The predicted octanol–water partition coefficient (Wildman–Crippen LogP) is 3.87. The van der Waals surface area contributed by atoms with E-state index in [0.717, 1.165) is 5.56 Å². The molecular weight excluding hydrogens is 396 g/mol. The first-order chi connectivity index (χ1) is 14.9. The lowest BCUT2D eigenvalue weighted by Gasteiger charge is -2.25. The number of rotatable bonds is 11. The highest BCUT2D eigenvalue weighted by atomic mass is 16.5. The van der Waals surface area contributed by atoms with Crippen LogP contribution in [-0.2, 0) is 9.53 Å². The van der Waals surface area contributed by atoms with Crippen molar-refractivity contribution in [1.82, 2.24) is 5.32 Å². The third-order valence-corrected chi connectivity index (χ3v) is 4.72. The zero-order chi connectivity index (χ0) is 22.8. The summed E-state index contributed by atoms with van der Waals surface area (Å²) < 4.78 is 22.0. The monoisotopic (exact) mass is 426 g/mol. The molecule has 0 heterocycles. The van der Waals surface area contributed by atoms with E-state index in [1.165, 1.54) is 0 Å². The Kier molecular flexibility index (Phi) is 9.16. The molecule has 0 radical (unpaired) electrons. The second kappa shape index (κ2) is 11.8. The molecule has 0 aliphatic heterocycles. The van der Waals surface area contributed by atoms with Gasteiger partial charge in [0.15, 0.2) is 17.6 Å². The zero-order valence-electron chi connectivity index (χ0n) is 18.7. The van der Waals surface area contributed by atoms with Crippen molar-refractivity contribution in [2.24, 2.45) is 5.92 Å². The normalized spacial score (nSPS) is 12.5. The Labute approximate surface area is 183 Å². The largest absolute Gasteiger partial charge is 0.493 e. The second-order valence-corrected chi connectivity index (χ2v) is 7.37. The number of nitriles is 1. The van der Waals surface area contributed by atoms with E-state index in [2.05, 4.69) is 11.4 Å². The van der Waals surface area contributed by atoms with Crippen LogP contribution in [0, 0.1) is 17.2 Å². The van der Waals surface area contributed by atoms with Gasteiger partial charge in [0.2, 0.25) is 0 Å². The zero-order valence-corrected chi connectivity index (χ0v) is 18.7. The van der Waals surface area contributed by atoms with Crippen LogP contribution in [0.3, 0.4) is 0 Å². The molecule has 166 valence electrons. The molecule has 2 unspecified atom stereocenters. The molecular formula is C24H30N2O5. The van der Waals surface area contributed by atoms with Gasteiger partial charge < -0.3 is 24.3 Å². The number of hydrogen-bond acceptors (Lipinski definition) is 6. The first-order valence-electron chi connectivity index (χ1n) is 10.2. The molecule has 31 heavy (non-hydrogen) atoms. The summed E-state index contributed by atoms with van der Waals surface area (Å²) in [5, 5.41) is 12.3. The van der Waals surface area contributed by atoms with Gasteiger partial charge >= 0.3 is 0 Å². The molecule has 1 amide bonds. The van der Waals surface area contributed by atoms with Crippen LogP contribution in [0.1, 0.15) is 37.9 Å². The average molecular weight is 427 g/mol. The number of benzene rings is 2. The molecule has 0 saturated heterocycles. The van der Waals surface area contributed by atoms with Crippen LogP contribution >= 0.6 is 0 Å². The van der Waals surface area contributed by atoms with E-state index in [1.807, 2.05) is 39.0 Å². The maximum absolute atomic E-state index is 13.0. The van der Waals surface area contributed by atoms with Gasteiger partial charge in [-0.1, -0.05) is 32.0 Å². The summed E-state index contributed by atoms with van der Waals surface area (Å²) in [6.07, 6.45) is -0.740. The molecule has 0 saturated carbocycles. The number of ether oxygens (including phenoxy) is 4. The number of nitrogens with one attached hydrogen (secondary N) is 1. The summed E-state index contributed by atoms with van der Waals surface area (Å²) in [7, 11) is 3.18. The average Bonchev–Trinajstić information content (AvgIpc) is 2.77. The Hall–Kier alpha value is -3.24. The lowest BCUT2D eigenvalue weighted by Crippen LogP contribution is -2.42. The number of carbonyl (C=O) groups excluding carboxylic acids is 1. The Morgan fingerprint density at radius 2 is 1.77 bits per heavy atom. The van der Waals surface area contributed by atoms with Crippen molar-refractivity contribution in [2.45, 2.75) is 32.9 Å². The smallest absolute Gasteiger partial charge is 0.261 e. The third kappa shape index (κ3) is 6.63. The molecule has 0 aliphatic carbocycles. The van der Waals surface area contributed by atoms with Gasteiger partial charge in [0.25, 0.3) is 5.91 Å². The minimum absolute atomic E-state index is 0.0926. The van der Waals surface area contributed by atoms with Crippen LogP contribution in [0.25, 0.3) is 0 Å². The van der Waals surface area contributed by atoms with Crippen molar-refractivity contribution in [1.29, 1.82) is 5.26 Å². The molecule has 1 N–H and O–H groups in total. The Morgan fingerprint density at radius 1 is 1.03 bits per heavy atom. The van der Waals surface area contributed by atoms with Crippen LogP contribution < -0.4 is 19.5 Å². The van der Waals surface area contributed by atoms with E-state index >= 15 is 0 Å². The van der Waals surface area contributed by atoms with Crippen LogP contribution in [0.5, 0.6) is 17.2 Å². The summed E-state index contributed by atoms with van der Waals surface area (Å²) in [5.41, 5.74) is 1.26.